The van der Waals surface area contributed by atoms with E-state index in [1.165, 1.54) is 5.56 Å². The van der Waals surface area contributed by atoms with Gasteiger partial charge in [0, 0.05) is 31.5 Å². The number of nitrogens with zero attached hydrogens (tertiary/aromatic N) is 2. The summed E-state index contributed by atoms with van der Waals surface area (Å²) in [4.78, 5) is 28.4. The van der Waals surface area contributed by atoms with Crippen LogP contribution in [-0.4, -0.2) is 77.9 Å². The van der Waals surface area contributed by atoms with Gasteiger partial charge in [-0.2, -0.15) is 0 Å². The Hall–Kier alpha value is -2.16. The van der Waals surface area contributed by atoms with Gasteiger partial charge in [0.2, 0.25) is 0 Å². The van der Waals surface area contributed by atoms with Gasteiger partial charge in [-0.15, -0.1) is 0 Å². The van der Waals surface area contributed by atoms with E-state index in [0.29, 0.717) is 51.2 Å². The number of rotatable bonds is 9. The molecule has 2 heterocycles. The third kappa shape index (κ3) is 11.0. The largest absolute Gasteiger partial charge is 0.489 e. The second-order valence-electron chi connectivity index (χ2n) is 13.0. The second kappa shape index (κ2) is 14.6. The number of likely N-dealkylation sites (tertiary alicyclic amines) is 2. The Labute approximate surface area is 249 Å². The van der Waals surface area contributed by atoms with Gasteiger partial charge < -0.3 is 28.7 Å². The van der Waals surface area contributed by atoms with Crippen molar-refractivity contribution in [3.05, 3.63) is 23.8 Å². The summed E-state index contributed by atoms with van der Waals surface area (Å²) in [6.45, 7) is 15.3. The summed E-state index contributed by atoms with van der Waals surface area (Å²) in [6, 6.07) is 6.26. The zero-order chi connectivity index (χ0) is 29.3. The van der Waals surface area contributed by atoms with Crippen LogP contribution >= 0.6 is 15.9 Å². The molecule has 1 aromatic rings. The third-order valence-corrected chi connectivity index (χ3v) is 7.65. The number of hydrogen-bond acceptors (Lipinski definition) is 6. The van der Waals surface area contributed by atoms with Crippen LogP contribution in [0.5, 0.6) is 11.5 Å². The molecule has 2 amide bonds. The molecule has 2 aliphatic rings. The van der Waals surface area contributed by atoms with Crippen molar-refractivity contribution < 1.29 is 28.5 Å². The molecule has 2 saturated heterocycles. The molecule has 0 bridgehead atoms. The molecule has 0 N–H and O–H groups in total. The molecule has 3 rings (SSSR count). The normalized spacial score (nSPS) is 17.5. The van der Waals surface area contributed by atoms with Gasteiger partial charge in [0.25, 0.3) is 0 Å². The van der Waals surface area contributed by atoms with Crippen molar-refractivity contribution in [3.8, 4) is 11.5 Å². The number of amides is 2. The van der Waals surface area contributed by atoms with E-state index in [1.54, 1.807) is 9.80 Å². The number of halogens is 1. The molecule has 0 atom stereocenters. The number of hydrogen-bond donors (Lipinski definition) is 0. The Morgan fingerprint density at radius 3 is 1.65 bits per heavy atom. The summed E-state index contributed by atoms with van der Waals surface area (Å²) in [5, 5.41) is 0.958. The van der Waals surface area contributed by atoms with Gasteiger partial charge >= 0.3 is 12.2 Å². The molecule has 0 aromatic heterocycles. The van der Waals surface area contributed by atoms with Crippen LogP contribution in [0.3, 0.4) is 0 Å². The molecule has 8 nitrogen and oxygen atoms in total. The van der Waals surface area contributed by atoms with Crippen molar-refractivity contribution >= 4 is 28.1 Å². The summed E-state index contributed by atoms with van der Waals surface area (Å²) in [6.07, 6.45) is 5.09. The molecule has 0 unspecified atom stereocenters. The predicted molar refractivity (Wildman–Crippen MR) is 161 cm³/mol. The summed E-state index contributed by atoms with van der Waals surface area (Å²) < 4.78 is 23.7. The molecule has 226 valence electrons. The van der Waals surface area contributed by atoms with Crippen LogP contribution in [-0.2, 0) is 15.9 Å². The molecule has 0 saturated carbocycles. The van der Waals surface area contributed by atoms with Crippen LogP contribution in [0, 0.1) is 11.8 Å². The van der Waals surface area contributed by atoms with Gasteiger partial charge in [-0.05, 0) is 110 Å². The number of carbonyl (C=O) groups is 2. The molecule has 9 heteroatoms. The first kappa shape index (κ1) is 32.4. The minimum Gasteiger partial charge on any atom is -0.489 e. The van der Waals surface area contributed by atoms with E-state index >= 15 is 0 Å². The van der Waals surface area contributed by atoms with Crippen LogP contribution in [0.2, 0.25) is 0 Å². The lowest BCUT2D eigenvalue weighted by Gasteiger charge is -2.33. The molecule has 2 fully saturated rings. The number of carbonyl (C=O) groups excluding carboxylic acids is 2. The van der Waals surface area contributed by atoms with Gasteiger partial charge in [-0.1, -0.05) is 22.0 Å². The average molecular weight is 626 g/mol. The Kier molecular flexibility index (Phi) is 11.8. The van der Waals surface area contributed by atoms with E-state index in [4.69, 9.17) is 18.9 Å². The quantitative estimate of drug-likeness (QED) is 0.274. The van der Waals surface area contributed by atoms with Gasteiger partial charge in [0.1, 0.15) is 11.2 Å². The van der Waals surface area contributed by atoms with Gasteiger partial charge in [-0.3, -0.25) is 0 Å². The first-order valence-electron chi connectivity index (χ1n) is 14.7. The first-order valence-corrected chi connectivity index (χ1v) is 15.9. The molecular formula is C31H49BrN2O6. The highest BCUT2D eigenvalue weighted by Gasteiger charge is 2.29. The number of piperidine rings is 2. The highest BCUT2D eigenvalue weighted by Crippen LogP contribution is 2.32. The zero-order valence-corrected chi connectivity index (χ0v) is 26.9. The standard InChI is InChI=1S/C31H49BrN2O6/c1-30(2,3)39-28(35)33-16-11-24(12-17-33)21-37-26-10-9-23(8-7-15-32)20-27(26)38-22-25-13-18-34(19-14-25)29(36)40-31(4,5)6/h9-10,20,24-25H,7-8,11-19,21-22H2,1-6H3. The lowest BCUT2D eigenvalue weighted by Crippen LogP contribution is -2.42. The molecule has 0 aliphatic carbocycles. The SMILES string of the molecule is CC(C)(C)OC(=O)N1CCC(COc2ccc(CCCBr)cc2OCC2CCN(C(=O)OC(C)(C)C)CC2)CC1. The maximum absolute atomic E-state index is 12.4. The molecule has 40 heavy (non-hydrogen) atoms. The smallest absolute Gasteiger partial charge is 0.410 e. The number of benzene rings is 1. The maximum Gasteiger partial charge on any atom is 0.410 e. The molecule has 1 aromatic carbocycles. The van der Waals surface area contributed by atoms with E-state index in [2.05, 4.69) is 28.1 Å². The first-order chi connectivity index (χ1) is 18.8. The van der Waals surface area contributed by atoms with Crippen molar-refractivity contribution in [3.63, 3.8) is 0 Å². The fraction of sp³-hybridized carbons (Fsp3) is 0.742. The Morgan fingerprint density at radius 2 is 1.23 bits per heavy atom. The average Bonchev–Trinajstić information content (AvgIpc) is 2.88. The predicted octanol–water partition coefficient (Wildman–Crippen LogP) is 7.07. The van der Waals surface area contributed by atoms with Crippen molar-refractivity contribution in [1.82, 2.24) is 9.80 Å². The number of aryl methyl sites for hydroxylation is 1. The van der Waals surface area contributed by atoms with E-state index in [1.807, 2.05) is 47.6 Å². The van der Waals surface area contributed by atoms with Gasteiger partial charge in [0.05, 0.1) is 13.2 Å². The molecule has 0 spiro atoms. The minimum atomic E-state index is -0.484. The van der Waals surface area contributed by atoms with Gasteiger partial charge in [-0.25, -0.2) is 9.59 Å². The molecule has 0 radical (unpaired) electrons. The Bertz CT molecular complexity index is 958. The topological polar surface area (TPSA) is 77.5 Å². The van der Waals surface area contributed by atoms with Gasteiger partial charge in [0.15, 0.2) is 11.5 Å². The van der Waals surface area contributed by atoms with E-state index < -0.39 is 11.2 Å². The lowest BCUT2D eigenvalue weighted by atomic mass is 9.98. The van der Waals surface area contributed by atoms with Crippen LogP contribution in [0.1, 0.15) is 79.2 Å². The summed E-state index contributed by atoms with van der Waals surface area (Å²) in [7, 11) is 0. The highest BCUT2D eigenvalue weighted by molar-refractivity contribution is 9.09. The van der Waals surface area contributed by atoms with Crippen molar-refractivity contribution in [2.24, 2.45) is 11.8 Å². The number of ether oxygens (including phenoxy) is 4. The fourth-order valence-corrected chi connectivity index (χ4v) is 5.12. The van der Waals surface area contributed by atoms with Crippen LogP contribution in [0.25, 0.3) is 0 Å². The van der Waals surface area contributed by atoms with E-state index in [0.717, 1.165) is 55.4 Å². The summed E-state index contributed by atoms with van der Waals surface area (Å²) >= 11 is 3.52. The third-order valence-electron chi connectivity index (χ3n) is 7.09. The Morgan fingerprint density at radius 1 is 0.775 bits per heavy atom. The van der Waals surface area contributed by atoms with Crippen molar-refractivity contribution in [2.75, 3.05) is 44.7 Å². The Balaban J connectivity index is 1.52. The van der Waals surface area contributed by atoms with Crippen molar-refractivity contribution in [2.45, 2.75) is 91.3 Å². The van der Waals surface area contributed by atoms with E-state index in [9.17, 15) is 9.59 Å². The second-order valence-corrected chi connectivity index (χ2v) is 13.8. The summed E-state index contributed by atoms with van der Waals surface area (Å²) in [5.74, 6) is 2.29. The zero-order valence-electron chi connectivity index (χ0n) is 25.3. The lowest BCUT2D eigenvalue weighted by molar-refractivity contribution is 0.0150. The molecular weight excluding hydrogens is 576 g/mol. The molecule has 2 aliphatic heterocycles. The maximum atomic E-state index is 12.4. The van der Waals surface area contributed by atoms with Crippen LogP contribution in [0.15, 0.2) is 18.2 Å². The highest BCUT2D eigenvalue weighted by atomic mass is 79.9. The summed E-state index contributed by atoms with van der Waals surface area (Å²) in [5.41, 5.74) is 0.262. The fourth-order valence-electron chi connectivity index (χ4n) is 4.84. The number of alkyl halides is 1. The van der Waals surface area contributed by atoms with Crippen molar-refractivity contribution in [1.29, 1.82) is 0 Å². The van der Waals surface area contributed by atoms with Crippen LogP contribution in [0.4, 0.5) is 9.59 Å². The minimum absolute atomic E-state index is 0.237. The monoisotopic (exact) mass is 624 g/mol. The van der Waals surface area contributed by atoms with Crippen LogP contribution < -0.4 is 9.47 Å². The van der Waals surface area contributed by atoms with E-state index in [-0.39, 0.29) is 12.2 Å².